The first-order valence-corrected chi connectivity index (χ1v) is 9.47. The van der Waals surface area contributed by atoms with Gasteiger partial charge in [-0.15, -0.1) is 0 Å². The monoisotopic (exact) mass is 357 g/mol. The average Bonchev–Trinajstić information content (AvgIpc) is 2.73. The highest BCUT2D eigenvalue weighted by Crippen LogP contribution is 2.31. The summed E-state index contributed by atoms with van der Waals surface area (Å²) in [6.07, 6.45) is 3.07. The van der Waals surface area contributed by atoms with Crippen LogP contribution in [0.15, 0.2) is 78.9 Å². The molecule has 0 radical (unpaired) electrons. The lowest BCUT2D eigenvalue weighted by atomic mass is 9.82. The van der Waals surface area contributed by atoms with E-state index in [-0.39, 0.29) is 11.8 Å². The van der Waals surface area contributed by atoms with E-state index < -0.39 is 0 Å². The molecule has 0 heterocycles. The SMILES string of the molecule is O=C(NCc1ccc(Oc2ccccc2)cc1)C1CCCc2ccccc21. The van der Waals surface area contributed by atoms with Gasteiger partial charge < -0.3 is 10.1 Å². The van der Waals surface area contributed by atoms with Crippen molar-refractivity contribution in [2.75, 3.05) is 0 Å². The van der Waals surface area contributed by atoms with Gasteiger partial charge in [0.05, 0.1) is 5.92 Å². The van der Waals surface area contributed by atoms with Crippen LogP contribution in [0.4, 0.5) is 0 Å². The number of ether oxygens (including phenoxy) is 1. The highest BCUT2D eigenvalue weighted by atomic mass is 16.5. The van der Waals surface area contributed by atoms with Gasteiger partial charge in [-0.05, 0) is 60.2 Å². The third-order valence-corrected chi connectivity index (χ3v) is 5.05. The maximum Gasteiger partial charge on any atom is 0.227 e. The van der Waals surface area contributed by atoms with Crippen molar-refractivity contribution < 1.29 is 9.53 Å². The number of amides is 1. The van der Waals surface area contributed by atoms with Gasteiger partial charge in [0.25, 0.3) is 0 Å². The second-order valence-electron chi connectivity index (χ2n) is 6.92. The predicted molar refractivity (Wildman–Crippen MR) is 107 cm³/mol. The Morgan fingerprint density at radius 2 is 1.59 bits per heavy atom. The number of carbonyl (C=O) groups is 1. The van der Waals surface area contributed by atoms with Gasteiger partial charge in [-0.1, -0.05) is 54.6 Å². The van der Waals surface area contributed by atoms with Gasteiger partial charge in [0.15, 0.2) is 0 Å². The molecule has 1 atom stereocenters. The Morgan fingerprint density at radius 1 is 0.889 bits per heavy atom. The van der Waals surface area contributed by atoms with Crippen molar-refractivity contribution in [3.8, 4) is 11.5 Å². The van der Waals surface area contributed by atoms with Crippen LogP contribution in [-0.2, 0) is 17.8 Å². The van der Waals surface area contributed by atoms with E-state index in [1.165, 1.54) is 11.1 Å². The van der Waals surface area contributed by atoms with Crippen LogP contribution >= 0.6 is 0 Å². The molecule has 4 rings (SSSR count). The van der Waals surface area contributed by atoms with Crippen molar-refractivity contribution in [1.82, 2.24) is 5.32 Å². The van der Waals surface area contributed by atoms with Crippen molar-refractivity contribution in [3.63, 3.8) is 0 Å². The third-order valence-electron chi connectivity index (χ3n) is 5.05. The highest BCUT2D eigenvalue weighted by Gasteiger charge is 2.25. The zero-order chi connectivity index (χ0) is 18.5. The summed E-state index contributed by atoms with van der Waals surface area (Å²) in [5.41, 5.74) is 3.56. The van der Waals surface area contributed by atoms with E-state index in [4.69, 9.17) is 4.74 Å². The molecule has 0 aliphatic heterocycles. The minimum atomic E-state index is -0.0318. The largest absolute Gasteiger partial charge is 0.457 e. The highest BCUT2D eigenvalue weighted by molar-refractivity contribution is 5.84. The third kappa shape index (κ3) is 4.20. The van der Waals surface area contributed by atoms with Crippen LogP contribution in [-0.4, -0.2) is 5.91 Å². The predicted octanol–water partition coefficient (Wildman–Crippen LogP) is 5.22. The van der Waals surface area contributed by atoms with Crippen molar-refractivity contribution in [2.24, 2.45) is 0 Å². The van der Waals surface area contributed by atoms with Crippen molar-refractivity contribution in [3.05, 3.63) is 95.6 Å². The van der Waals surface area contributed by atoms with Crippen molar-refractivity contribution in [2.45, 2.75) is 31.7 Å². The molecule has 136 valence electrons. The Kier molecular flexibility index (Phi) is 5.20. The summed E-state index contributed by atoms with van der Waals surface area (Å²) in [5, 5.41) is 3.10. The molecular weight excluding hydrogens is 334 g/mol. The van der Waals surface area contributed by atoms with Crippen molar-refractivity contribution in [1.29, 1.82) is 0 Å². The molecule has 0 bridgehead atoms. The number of rotatable bonds is 5. The zero-order valence-corrected chi connectivity index (χ0v) is 15.2. The number of nitrogens with one attached hydrogen (secondary N) is 1. The van der Waals surface area contributed by atoms with Crippen LogP contribution in [0.25, 0.3) is 0 Å². The molecule has 0 saturated heterocycles. The standard InChI is InChI=1S/C24H23NO2/c26-24(23-12-6-8-19-7-4-5-11-22(19)23)25-17-18-13-15-21(16-14-18)27-20-9-2-1-3-10-20/h1-5,7,9-11,13-16,23H,6,8,12,17H2,(H,25,26). The number of benzene rings is 3. The molecular formula is C24H23NO2. The van der Waals surface area contributed by atoms with Gasteiger partial charge in [-0.25, -0.2) is 0 Å². The number of aryl methyl sites for hydroxylation is 1. The van der Waals surface area contributed by atoms with Gasteiger partial charge in [0.2, 0.25) is 5.91 Å². The number of hydrogen-bond acceptors (Lipinski definition) is 2. The summed E-state index contributed by atoms with van der Waals surface area (Å²) < 4.78 is 5.81. The van der Waals surface area contributed by atoms with Gasteiger partial charge in [0, 0.05) is 6.54 Å². The van der Waals surface area contributed by atoms with E-state index in [1.54, 1.807) is 0 Å². The summed E-state index contributed by atoms with van der Waals surface area (Å²) in [5.74, 6) is 1.69. The van der Waals surface area contributed by atoms with E-state index in [0.29, 0.717) is 6.54 Å². The molecule has 1 N–H and O–H groups in total. The number of carbonyl (C=O) groups excluding carboxylic acids is 1. The molecule has 3 nitrogen and oxygen atoms in total. The van der Waals surface area contributed by atoms with E-state index in [0.717, 1.165) is 36.3 Å². The first-order chi connectivity index (χ1) is 13.3. The van der Waals surface area contributed by atoms with Gasteiger partial charge in [-0.3, -0.25) is 4.79 Å². The second-order valence-corrected chi connectivity index (χ2v) is 6.92. The number of fused-ring (bicyclic) bond motifs is 1. The minimum Gasteiger partial charge on any atom is -0.457 e. The maximum atomic E-state index is 12.7. The van der Waals surface area contributed by atoms with E-state index in [2.05, 4.69) is 23.5 Å². The lowest BCUT2D eigenvalue weighted by molar-refractivity contribution is -0.123. The second kappa shape index (κ2) is 8.09. The summed E-state index contributed by atoms with van der Waals surface area (Å²) in [4.78, 5) is 12.7. The molecule has 3 aromatic rings. The molecule has 1 aliphatic carbocycles. The smallest absolute Gasteiger partial charge is 0.227 e. The Hall–Kier alpha value is -3.07. The summed E-state index contributed by atoms with van der Waals surface area (Å²) in [6, 6.07) is 25.9. The number of hydrogen-bond donors (Lipinski definition) is 1. The fraction of sp³-hybridized carbons (Fsp3) is 0.208. The Balaban J connectivity index is 1.36. The fourth-order valence-corrected chi connectivity index (χ4v) is 3.64. The van der Waals surface area contributed by atoms with Crippen LogP contribution in [0.2, 0.25) is 0 Å². The zero-order valence-electron chi connectivity index (χ0n) is 15.2. The first kappa shape index (κ1) is 17.3. The molecule has 1 aliphatic rings. The van der Waals surface area contributed by atoms with E-state index >= 15 is 0 Å². The van der Waals surface area contributed by atoms with Gasteiger partial charge in [-0.2, -0.15) is 0 Å². The Morgan fingerprint density at radius 3 is 2.41 bits per heavy atom. The molecule has 1 amide bonds. The summed E-state index contributed by atoms with van der Waals surface area (Å²) in [6.45, 7) is 0.531. The minimum absolute atomic E-state index is 0.0318. The van der Waals surface area contributed by atoms with Crippen LogP contribution in [0.3, 0.4) is 0 Å². The van der Waals surface area contributed by atoms with Crippen LogP contribution in [0.1, 0.15) is 35.4 Å². The summed E-state index contributed by atoms with van der Waals surface area (Å²) >= 11 is 0. The number of para-hydroxylation sites is 1. The Labute approximate surface area is 160 Å². The quantitative estimate of drug-likeness (QED) is 0.680. The van der Waals surface area contributed by atoms with Crippen LogP contribution < -0.4 is 10.1 Å². The topological polar surface area (TPSA) is 38.3 Å². The van der Waals surface area contributed by atoms with Crippen LogP contribution in [0.5, 0.6) is 11.5 Å². The lowest BCUT2D eigenvalue weighted by Gasteiger charge is -2.24. The summed E-state index contributed by atoms with van der Waals surface area (Å²) in [7, 11) is 0. The normalized spacial score (nSPS) is 15.6. The Bertz CT molecular complexity index is 903. The molecule has 27 heavy (non-hydrogen) atoms. The molecule has 1 unspecified atom stereocenters. The fourth-order valence-electron chi connectivity index (χ4n) is 3.64. The van der Waals surface area contributed by atoms with Gasteiger partial charge in [0.1, 0.15) is 11.5 Å². The molecule has 0 fully saturated rings. The first-order valence-electron chi connectivity index (χ1n) is 9.47. The average molecular weight is 357 g/mol. The molecule has 0 saturated carbocycles. The van der Waals surface area contributed by atoms with E-state index in [1.807, 2.05) is 60.7 Å². The molecule has 0 aromatic heterocycles. The van der Waals surface area contributed by atoms with Gasteiger partial charge >= 0.3 is 0 Å². The molecule has 3 aromatic carbocycles. The van der Waals surface area contributed by atoms with E-state index in [9.17, 15) is 4.79 Å². The maximum absolute atomic E-state index is 12.7. The molecule has 0 spiro atoms. The van der Waals surface area contributed by atoms with Crippen LogP contribution in [0, 0.1) is 0 Å². The lowest BCUT2D eigenvalue weighted by Crippen LogP contribution is -2.31. The van der Waals surface area contributed by atoms with Crippen molar-refractivity contribution >= 4 is 5.91 Å². The molecule has 3 heteroatoms.